The summed E-state index contributed by atoms with van der Waals surface area (Å²) in [7, 11) is -3.69. The van der Waals surface area contributed by atoms with Crippen LogP contribution < -0.4 is 5.32 Å². The quantitative estimate of drug-likeness (QED) is 0.719. The number of rotatable bonds is 6. The fraction of sp³-hybridized carbons (Fsp3) is 0.619. The molecule has 1 saturated carbocycles. The van der Waals surface area contributed by atoms with Crippen LogP contribution >= 0.6 is 0 Å². The molecule has 1 aromatic rings. The summed E-state index contributed by atoms with van der Waals surface area (Å²) in [6.45, 7) is 3.52. The number of carbonyl (C=O) groups excluding carboxylic acids is 2. The number of carbonyl (C=O) groups is 2. The highest BCUT2D eigenvalue weighted by molar-refractivity contribution is 7.89. The third-order valence-electron chi connectivity index (χ3n) is 6.02. The highest BCUT2D eigenvalue weighted by Gasteiger charge is 2.32. The van der Waals surface area contributed by atoms with Crippen molar-refractivity contribution in [2.75, 3.05) is 45.8 Å². The number of nitrogens with zero attached hydrogens (tertiary/aromatic N) is 3. The van der Waals surface area contributed by atoms with Gasteiger partial charge in [-0.05, 0) is 37.8 Å². The molecule has 0 atom stereocenters. The minimum atomic E-state index is -3.69. The lowest BCUT2D eigenvalue weighted by Gasteiger charge is -2.35. The molecule has 9 heteroatoms. The summed E-state index contributed by atoms with van der Waals surface area (Å²) in [6, 6.07) is 6.87. The van der Waals surface area contributed by atoms with Crippen molar-refractivity contribution in [3.63, 3.8) is 0 Å². The Morgan fingerprint density at radius 3 is 2.27 bits per heavy atom. The fourth-order valence-corrected chi connectivity index (χ4v) is 5.80. The Kier molecular flexibility index (Phi) is 6.40. The van der Waals surface area contributed by atoms with Gasteiger partial charge in [-0.2, -0.15) is 4.31 Å². The molecule has 0 radical (unpaired) electrons. The van der Waals surface area contributed by atoms with Gasteiger partial charge >= 0.3 is 0 Å². The zero-order valence-corrected chi connectivity index (χ0v) is 18.1. The second-order valence-electron chi connectivity index (χ2n) is 8.37. The Bertz CT molecular complexity index is 886. The van der Waals surface area contributed by atoms with Crippen LogP contribution in [0.15, 0.2) is 29.2 Å². The number of hydrogen-bond acceptors (Lipinski definition) is 5. The van der Waals surface area contributed by atoms with Gasteiger partial charge in [0.2, 0.25) is 15.9 Å². The smallest absolute Gasteiger partial charge is 0.255 e. The van der Waals surface area contributed by atoms with Crippen LogP contribution in [-0.4, -0.2) is 86.2 Å². The van der Waals surface area contributed by atoms with Crippen molar-refractivity contribution in [2.24, 2.45) is 0 Å². The van der Waals surface area contributed by atoms with Crippen molar-refractivity contribution >= 4 is 21.8 Å². The maximum atomic E-state index is 13.2. The molecule has 2 saturated heterocycles. The van der Waals surface area contributed by atoms with E-state index in [4.69, 9.17) is 0 Å². The highest BCUT2D eigenvalue weighted by atomic mass is 32.2. The first-order valence-electron chi connectivity index (χ1n) is 10.9. The molecule has 3 aliphatic rings. The van der Waals surface area contributed by atoms with E-state index in [-0.39, 0.29) is 22.3 Å². The molecule has 0 aromatic heterocycles. The van der Waals surface area contributed by atoms with E-state index in [9.17, 15) is 18.0 Å². The van der Waals surface area contributed by atoms with E-state index in [2.05, 4.69) is 5.32 Å². The fourth-order valence-electron chi connectivity index (χ4n) is 4.10. The lowest BCUT2D eigenvalue weighted by Crippen LogP contribution is -2.51. The van der Waals surface area contributed by atoms with Crippen LogP contribution in [0.1, 0.15) is 42.5 Å². The number of hydrogen-bond donors (Lipinski definition) is 1. The third kappa shape index (κ3) is 4.84. The van der Waals surface area contributed by atoms with Gasteiger partial charge in [-0.15, -0.1) is 0 Å². The SMILES string of the molecule is O=C(CN1CCN(C(=O)c2ccccc2S(=O)(=O)N2CCCCC2)CC1)NC1CC1. The molecule has 30 heavy (non-hydrogen) atoms. The minimum absolute atomic E-state index is 0.0373. The van der Waals surface area contributed by atoms with Crippen LogP contribution in [0.3, 0.4) is 0 Å². The van der Waals surface area contributed by atoms with Crippen LogP contribution in [0, 0.1) is 0 Å². The maximum Gasteiger partial charge on any atom is 0.255 e. The molecule has 1 aromatic carbocycles. The van der Waals surface area contributed by atoms with E-state index in [0.717, 1.165) is 32.1 Å². The molecule has 3 fully saturated rings. The van der Waals surface area contributed by atoms with Gasteiger partial charge in [0, 0.05) is 45.3 Å². The Labute approximate surface area is 178 Å². The molecule has 2 amide bonds. The van der Waals surface area contributed by atoms with Gasteiger partial charge in [-0.25, -0.2) is 8.42 Å². The summed E-state index contributed by atoms with van der Waals surface area (Å²) in [5.41, 5.74) is 0.239. The molecule has 0 spiro atoms. The standard InChI is InChI=1S/C21H30N4O4S/c26-20(22-17-8-9-17)16-23-12-14-24(15-13-23)21(27)18-6-2-3-7-19(18)30(28,29)25-10-4-1-5-11-25/h2-3,6-7,17H,1,4-5,8-16H2,(H,22,26). The van der Waals surface area contributed by atoms with Crippen molar-refractivity contribution in [1.29, 1.82) is 0 Å². The average Bonchev–Trinajstić information content (AvgIpc) is 3.58. The monoisotopic (exact) mass is 434 g/mol. The van der Waals surface area contributed by atoms with Gasteiger partial charge in [0.05, 0.1) is 17.0 Å². The largest absolute Gasteiger partial charge is 0.352 e. The number of piperidine rings is 1. The number of amides is 2. The van der Waals surface area contributed by atoms with Gasteiger partial charge in [0.1, 0.15) is 0 Å². The van der Waals surface area contributed by atoms with Gasteiger partial charge in [0.15, 0.2) is 0 Å². The zero-order chi connectivity index (χ0) is 21.1. The topological polar surface area (TPSA) is 90.0 Å². The second-order valence-corrected chi connectivity index (χ2v) is 10.3. The molecule has 0 unspecified atom stereocenters. The minimum Gasteiger partial charge on any atom is -0.352 e. The van der Waals surface area contributed by atoms with Crippen molar-refractivity contribution in [3.05, 3.63) is 29.8 Å². The third-order valence-corrected chi connectivity index (χ3v) is 7.98. The van der Waals surface area contributed by atoms with E-state index in [1.54, 1.807) is 23.1 Å². The number of benzene rings is 1. The van der Waals surface area contributed by atoms with Gasteiger partial charge < -0.3 is 10.2 Å². The first kappa shape index (κ1) is 21.3. The number of nitrogens with one attached hydrogen (secondary N) is 1. The van der Waals surface area contributed by atoms with Gasteiger partial charge in [-0.3, -0.25) is 14.5 Å². The Morgan fingerprint density at radius 1 is 0.933 bits per heavy atom. The molecule has 1 N–H and O–H groups in total. The number of piperazine rings is 1. The Balaban J connectivity index is 1.41. The van der Waals surface area contributed by atoms with Crippen LogP contribution in [0.25, 0.3) is 0 Å². The highest BCUT2D eigenvalue weighted by Crippen LogP contribution is 2.25. The molecular formula is C21H30N4O4S. The Hall–Kier alpha value is -1.97. The molecule has 0 bridgehead atoms. The summed E-state index contributed by atoms with van der Waals surface area (Å²) < 4.78 is 27.8. The van der Waals surface area contributed by atoms with E-state index >= 15 is 0 Å². The first-order valence-corrected chi connectivity index (χ1v) is 12.3. The van der Waals surface area contributed by atoms with E-state index in [1.807, 2.05) is 4.90 Å². The summed E-state index contributed by atoms with van der Waals surface area (Å²) in [5, 5.41) is 2.98. The zero-order valence-electron chi connectivity index (χ0n) is 17.3. The van der Waals surface area contributed by atoms with E-state index < -0.39 is 10.0 Å². The average molecular weight is 435 g/mol. The van der Waals surface area contributed by atoms with Crippen LogP contribution in [0.5, 0.6) is 0 Å². The van der Waals surface area contributed by atoms with Crippen LogP contribution in [0.4, 0.5) is 0 Å². The predicted molar refractivity (Wildman–Crippen MR) is 113 cm³/mol. The summed E-state index contributed by atoms with van der Waals surface area (Å²) in [6.07, 6.45) is 4.87. The molecule has 1 aliphatic carbocycles. The van der Waals surface area contributed by atoms with Crippen molar-refractivity contribution in [2.45, 2.75) is 43.0 Å². The summed E-state index contributed by atoms with van der Waals surface area (Å²) in [5.74, 6) is -0.219. The molecule has 4 rings (SSSR count). The van der Waals surface area contributed by atoms with Crippen molar-refractivity contribution in [1.82, 2.24) is 19.4 Å². The predicted octanol–water partition coefficient (Wildman–Crippen LogP) is 0.898. The second kappa shape index (κ2) is 9.03. The molecule has 2 aliphatic heterocycles. The lowest BCUT2D eigenvalue weighted by molar-refractivity contribution is -0.122. The van der Waals surface area contributed by atoms with Crippen molar-refractivity contribution < 1.29 is 18.0 Å². The Morgan fingerprint density at radius 2 is 1.60 bits per heavy atom. The van der Waals surface area contributed by atoms with Gasteiger partial charge in [0.25, 0.3) is 5.91 Å². The van der Waals surface area contributed by atoms with E-state index in [1.165, 1.54) is 10.4 Å². The molecule has 164 valence electrons. The first-order chi connectivity index (χ1) is 14.4. The maximum absolute atomic E-state index is 13.2. The molecule has 8 nitrogen and oxygen atoms in total. The van der Waals surface area contributed by atoms with Crippen LogP contribution in [0.2, 0.25) is 0 Å². The van der Waals surface area contributed by atoms with Gasteiger partial charge in [-0.1, -0.05) is 18.6 Å². The summed E-state index contributed by atoms with van der Waals surface area (Å²) >= 11 is 0. The normalized spacial score (nSPS) is 21.4. The van der Waals surface area contributed by atoms with Crippen molar-refractivity contribution in [3.8, 4) is 0 Å². The van der Waals surface area contributed by atoms with Crippen LogP contribution in [-0.2, 0) is 14.8 Å². The summed E-state index contributed by atoms with van der Waals surface area (Å²) in [4.78, 5) is 29.0. The number of sulfonamides is 1. The molecule has 2 heterocycles. The molecular weight excluding hydrogens is 404 g/mol. The lowest BCUT2D eigenvalue weighted by atomic mass is 10.2. The van der Waals surface area contributed by atoms with E-state index in [0.29, 0.717) is 51.9 Å².